The van der Waals surface area contributed by atoms with Gasteiger partial charge in [-0.05, 0) is 54.3 Å². The van der Waals surface area contributed by atoms with E-state index in [1.165, 1.54) is 5.56 Å². The van der Waals surface area contributed by atoms with Crippen LogP contribution in [0.15, 0.2) is 66.7 Å². The first kappa shape index (κ1) is 21.8. The Morgan fingerprint density at radius 1 is 0.844 bits per heavy atom. The Hall–Kier alpha value is -3.47. The Balaban J connectivity index is 1.58. The summed E-state index contributed by atoms with van der Waals surface area (Å²) in [6.45, 7) is 5.82. The van der Waals surface area contributed by atoms with E-state index in [4.69, 9.17) is 19.2 Å². The molecular formula is C27H30N2O3. The van der Waals surface area contributed by atoms with E-state index in [-0.39, 0.29) is 0 Å². The summed E-state index contributed by atoms with van der Waals surface area (Å²) in [6.07, 6.45) is 0.868. The predicted octanol–water partition coefficient (Wildman–Crippen LogP) is 6.31. The molecule has 0 unspecified atom stereocenters. The van der Waals surface area contributed by atoms with Crippen LogP contribution in [-0.4, -0.2) is 30.4 Å². The summed E-state index contributed by atoms with van der Waals surface area (Å²) in [5.41, 5.74) is 4.32. The zero-order valence-corrected chi connectivity index (χ0v) is 19.2. The molecule has 0 saturated heterocycles. The van der Waals surface area contributed by atoms with Crippen LogP contribution in [-0.2, 0) is 6.54 Å². The minimum absolute atomic E-state index is 0.431. The lowest BCUT2D eigenvalue weighted by atomic mass is 10.0. The van der Waals surface area contributed by atoms with Gasteiger partial charge in [-0.1, -0.05) is 44.2 Å². The molecule has 0 fully saturated rings. The number of aryl methyl sites for hydroxylation is 1. The number of para-hydroxylation sites is 3. The van der Waals surface area contributed by atoms with Crippen LogP contribution in [0, 0.1) is 0 Å². The number of methoxy groups -OCH3 is 2. The third-order valence-electron chi connectivity index (χ3n) is 5.62. The van der Waals surface area contributed by atoms with Gasteiger partial charge >= 0.3 is 0 Å². The van der Waals surface area contributed by atoms with Gasteiger partial charge in [-0.15, -0.1) is 0 Å². The third-order valence-corrected chi connectivity index (χ3v) is 5.62. The van der Waals surface area contributed by atoms with Gasteiger partial charge in [-0.3, -0.25) is 0 Å². The molecule has 0 aliphatic rings. The van der Waals surface area contributed by atoms with E-state index in [1.54, 1.807) is 14.2 Å². The van der Waals surface area contributed by atoms with E-state index < -0.39 is 0 Å². The van der Waals surface area contributed by atoms with Gasteiger partial charge < -0.3 is 18.8 Å². The minimum atomic E-state index is 0.431. The second-order valence-electron chi connectivity index (χ2n) is 8.04. The van der Waals surface area contributed by atoms with Crippen molar-refractivity contribution in [2.24, 2.45) is 0 Å². The number of rotatable bonds is 9. The Bertz CT molecular complexity index is 1200. The van der Waals surface area contributed by atoms with Crippen LogP contribution in [0.25, 0.3) is 22.4 Å². The zero-order valence-electron chi connectivity index (χ0n) is 19.2. The van der Waals surface area contributed by atoms with Crippen molar-refractivity contribution in [3.05, 3.63) is 72.3 Å². The van der Waals surface area contributed by atoms with Crippen molar-refractivity contribution in [1.29, 1.82) is 0 Å². The van der Waals surface area contributed by atoms with Gasteiger partial charge in [-0.25, -0.2) is 4.98 Å². The monoisotopic (exact) mass is 430 g/mol. The molecule has 0 bridgehead atoms. The van der Waals surface area contributed by atoms with Crippen LogP contribution in [0.3, 0.4) is 0 Å². The maximum absolute atomic E-state index is 6.15. The summed E-state index contributed by atoms with van der Waals surface area (Å²) in [5.74, 6) is 3.71. The normalized spacial score (nSPS) is 11.2. The number of hydrogen-bond acceptors (Lipinski definition) is 4. The highest BCUT2D eigenvalue weighted by atomic mass is 16.5. The molecule has 0 N–H and O–H groups in total. The summed E-state index contributed by atoms with van der Waals surface area (Å²) in [5, 5.41) is 0. The van der Waals surface area contributed by atoms with Crippen LogP contribution in [0.1, 0.15) is 31.7 Å². The molecule has 1 aromatic heterocycles. The first-order valence-corrected chi connectivity index (χ1v) is 11.0. The number of benzene rings is 3. The first-order valence-electron chi connectivity index (χ1n) is 11.0. The molecule has 0 radical (unpaired) electrons. The molecule has 4 aromatic rings. The fraction of sp³-hybridized carbons (Fsp3) is 0.296. The fourth-order valence-corrected chi connectivity index (χ4v) is 3.99. The van der Waals surface area contributed by atoms with Crippen molar-refractivity contribution in [3.63, 3.8) is 0 Å². The molecule has 0 aliphatic heterocycles. The highest BCUT2D eigenvalue weighted by Gasteiger charge is 2.15. The van der Waals surface area contributed by atoms with Crippen LogP contribution in [0.5, 0.6) is 17.2 Å². The van der Waals surface area contributed by atoms with Gasteiger partial charge in [0, 0.05) is 12.1 Å². The molecule has 32 heavy (non-hydrogen) atoms. The molecule has 4 rings (SSSR count). The number of imidazole rings is 1. The molecule has 1 heterocycles. The molecule has 0 amide bonds. The minimum Gasteiger partial charge on any atom is -0.493 e. The summed E-state index contributed by atoms with van der Waals surface area (Å²) < 4.78 is 19.3. The molecule has 0 aliphatic carbocycles. The van der Waals surface area contributed by atoms with Gasteiger partial charge in [0.1, 0.15) is 11.6 Å². The standard InChI is InChI=1S/C27H30N2O3/c1-19(2)21-10-5-8-13-24(21)32-17-9-16-29-23-12-7-6-11-22(23)28-27(29)20-14-15-25(30-3)26(18-20)31-4/h5-8,10-15,18-19H,9,16-17H2,1-4H3. The fourth-order valence-electron chi connectivity index (χ4n) is 3.99. The maximum Gasteiger partial charge on any atom is 0.161 e. The zero-order chi connectivity index (χ0) is 22.5. The average molecular weight is 431 g/mol. The Morgan fingerprint density at radius 3 is 2.38 bits per heavy atom. The largest absolute Gasteiger partial charge is 0.493 e. The number of aromatic nitrogens is 2. The lowest BCUT2D eigenvalue weighted by Crippen LogP contribution is -2.07. The summed E-state index contributed by atoms with van der Waals surface area (Å²) in [7, 11) is 3.29. The summed E-state index contributed by atoms with van der Waals surface area (Å²) in [6, 6.07) is 22.4. The lowest BCUT2D eigenvalue weighted by molar-refractivity contribution is 0.299. The van der Waals surface area contributed by atoms with E-state index in [1.807, 2.05) is 42.5 Å². The molecule has 0 spiro atoms. The van der Waals surface area contributed by atoms with Crippen molar-refractivity contribution >= 4 is 11.0 Å². The molecule has 5 nitrogen and oxygen atoms in total. The maximum atomic E-state index is 6.15. The van der Waals surface area contributed by atoms with Crippen molar-refractivity contribution in [1.82, 2.24) is 9.55 Å². The van der Waals surface area contributed by atoms with E-state index in [9.17, 15) is 0 Å². The summed E-state index contributed by atoms with van der Waals surface area (Å²) in [4.78, 5) is 4.91. The van der Waals surface area contributed by atoms with E-state index in [0.29, 0.717) is 24.0 Å². The van der Waals surface area contributed by atoms with Gasteiger partial charge in [0.2, 0.25) is 0 Å². The quantitative estimate of drug-likeness (QED) is 0.292. The van der Waals surface area contributed by atoms with Crippen LogP contribution in [0.2, 0.25) is 0 Å². The van der Waals surface area contributed by atoms with Gasteiger partial charge in [0.25, 0.3) is 0 Å². The number of hydrogen-bond donors (Lipinski definition) is 0. The van der Waals surface area contributed by atoms with E-state index >= 15 is 0 Å². The van der Waals surface area contributed by atoms with Crippen molar-refractivity contribution < 1.29 is 14.2 Å². The van der Waals surface area contributed by atoms with Gasteiger partial charge in [0.05, 0.1) is 31.9 Å². The summed E-state index contributed by atoms with van der Waals surface area (Å²) >= 11 is 0. The third kappa shape index (κ3) is 4.42. The first-order chi connectivity index (χ1) is 15.6. The smallest absolute Gasteiger partial charge is 0.161 e. The molecule has 0 atom stereocenters. The van der Waals surface area contributed by atoms with Crippen molar-refractivity contribution in [3.8, 4) is 28.6 Å². The van der Waals surface area contributed by atoms with Crippen LogP contribution < -0.4 is 14.2 Å². The average Bonchev–Trinajstić information content (AvgIpc) is 3.20. The molecule has 0 saturated carbocycles. The SMILES string of the molecule is COc1ccc(-c2nc3ccccc3n2CCCOc2ccccc2C(C)C)cc1OC. The van der Waals surface area contributed by atoms with Crippen LogP contribution in [0.4, 0.5) is 0 Å². The molecule has 5 heteroatoms. The van der Waals surface area contributed by atoms with Crippen molar-refractivity contribution in [2.75, 3.05) is 20.8 Å². The highest BCUT2D eigenvalue weighted by molar-refractivity contribution is 5.81. The number of ether oxygens (including phenoxy) is 3. The van der Waals surface area contributed by atoms with Gasteiger partial charge in [0.15, 0.2) is 11.5 Å². The molecular weight excluding hydrogens is 400 g/mol. The van der Waals surface area contributed by atoms with E-state index in [2.05, 4.69) is 42.7 Å². The van der Waals surface area contributed by atoms with E-state index in [0.717, 1.165) is 41.1 Å². The Labute approximate surface area is 189 Å². The molecule has 166 valence electrons. The predicted molar refractivity (Wildman–Crippen MR) is 129 cm³/mol. The Morgan fingerprint density at radius 2 is 1.59 bits per heavy atom. The van der Waals surface area contributed by atoms with Crippen LogP contribution >= 0.6 is 0 Å². The Kier molecular flexibility index (Phi) is 6.64. The van der Waals surface area contributed by atoms with Gasteiger partial charge in [-0.2, -0.15) is 0 Å². The van der Waals surface area contributed by atoms with Crippen molar-refractivity contribution in [2.45, 2.75) is 32.7 Å². The highest BCUT2D eigenvalue weighted by Crippen LogP contribution is 2.33. The number of fused-ring (bicyclic) bond motifs is 1. The molecule has 3 aromatic carbocycles. The lowest BCUT2D eigenvalue weighted by Gasteiger charge is -2.15. The second kappa shape index (κ2) is 9.77. The topological polar surface area (TPSA) is 45.5 Å². The number of nitrogens with zero attached hydrogens (tertiary/aromatic N) is 2. The second-order valence-corrected chi connectivity index (χ2v) is 8.04.